The van der Waals surface area contributed by atoms with Crippen molar-refractivity contribution in [3.05, 3.63) is 35.5 Å². The largest absolute Gasteiger partial charge is 0.396 e. The Bertz CT molecular complexity index is 543. The lowest BCUT2D eigenvalue weighted by Gasteiger charge is -2.31. The van der Waals surface area contributed by atoms with Crippen LogP contribution in [0.2, 0.25) is 0 Å². The third-order valence-electron chi connectivity index (χ3n) is 3.68. The second kappa shape index (κ2) is 6.43. The van der Waals surface area contributed by atoms with Crippen LogP contribution in [-0.4, -0.2) is 39.7 Å². The van der Waals surface area contributed by atoms with Gasteiger partial charge in [-0.25, -0.2) is 4.98 Å². The molecule has 3 rings (SSSR count). The van der Waals surface area contributed by atoms with E-state index >= 15 is 0 Å². The van der Waals surface area contributed by atoms with Crippen LogP contribution in [0.15, 0.2) is 30.6 Å². The fraction of sp³-hybridized carbons (Fsp3) is 0.467. The van der Waals surface area contributed by atoms with E-state index in [2.05, 4.69) is 14.9 Å². The molecule has 0 saturated carbocycles. The maximum absolute atomic E-state index is 9.28. The van der Waals surface area contributed by atoms with Gasteiger partial charge in [-0.15, -0.1) is 11.3 Å². The van der Waals surface area contributed by atoms with Gasteiger partial charge in [0.15, 0.2) is 0 Å². The average Bonchev–Trinajstić information content (AvgIpc) is 2.97. The number of pyridine rings is 1. The number of aromatic nitrogens is 2. The van der Waals surface area contributed by atoms with Crippen LogP contribution in [0.5, 0.6) is 0 Å². The Morgan fingerprint density at radius 3 is 3.10 bits per heavy atom. The zero-order valence-corrected chi connectivity index (χ0v) is 12.2. The predicted molar refractivity (Wildman–Crippen MR) is 80.4 cm³/mol. The summed E-state index contributed by atoms with van der Waals surface area (Å²) in [5, 5.41) is 10.3. The molecule has 3 heterocycles. The van der Waals surface area contributed by atoms with Crippen molar-refractivity contribution >= 4 is 11.3 Å². The van der Waals surface area contributed by atoms with Gasteiger partial charge >= 0.3 is 0 Å². The minimum atomic E-state index is 0.304. The maximum atomic E-state index is 9.28. The van der Waals surface area contributed by atoms with Crippen LogP contribution in [0.4, 0.5) is 0 Å². The zero-order valence-electron chi connectivity index (χ0n) is 11.4. The van der Waals surface area contributed by atoms with Gasteiger partial charge in [0.2, 0.25) is 0 Å². The molecule has 4 nitrogen and oxygen atoms in total. The molecular formula is C15H19N3OS. The van der Waals surface area contributed by atoms with Gasteiger partial charge in [0.05, 0.1) is 5.69 Å². The van der Waals surface area contributed by atoms with E-state index in [9.17, 15) is 5.11 Å². The van der Waals surface area contributed by atoms with Crippen LogP contribution < -0.4 is 0 Å². The first-order chi connectivity index (χ1) is 9.85. The van der Waals surface area contributed by atoms with Crippen LogP contribution in [0.3, 0.4) is 0 Å². The van der Waals surface area contributed by atoms with E-state index in [-0.39, 0.29) is 0 Å². The van der Waals surface area contributed by atoms with E-state index in [0.29, 0.717) is 12.5 Å². The summed E-state index contributed by atoms with van der Waals surface area (Å²) in [6.07, 6.45) is 6.08. The van der Waals surface area contributed by atoms with Gasteiger partial charge in [0, 0.05) is 37.0 Å². The molecule has 0 amide bonds. The standard InChI is InChI=1S/C15H19N3OS/c19-11-12-4-3-7-18(9-12)10-13-8-17-15(20-13)14-5-1-2-6-16-14/h1-2,5-6,8,12,19H,3-4,7,9-11H2. The van der Waals surface area contributed by atoms with E-state index in [1.807, 2.05) is 24.4 Å². The highest BCUT2D eigenvalue weighted by Crippen LogP contribution is 2.25. The lowest BCUT2D eigenvalue weighted by atomic mass is 9.99. The van der Waals surface area contributed by atoms with Gasteiger partial charge in [-0.1, -0.05) is 6.07 Å². The van der Waals surface area contributed by atoms with E-state index in [1.54, 1.807) is 17.5 Å². The van der Waals surface area contributed by atoms with Crippen LogP contribution in [0.25, 0.3) is 10.7 Å². The smallest absolute Gasteiger partial charge is 0.142 e. The highest BCUT2D eigenvalue weighted by atomic mass is 32.1. The number of aliphatic hydroxyl groups excluding tert-OH is 1. The van der Waals surface area contributed by atoms with Gasteiger partial charge in [-0.2, -0.15) is 0 Å². The van der Waals surface area contributed by atoms with Crippen LogP contribution in [0.1, 0.15) is 17.7 Å². The van der Waals surface area contributed by atoms with Crippen molar-refractivity contribution in [3.63, 3.8) is 0 Å². The molecule has 0 bridgehead atoms. The van der Waals surface area contributed by atoms with Crippen molar-refractivity contribution in [1.29, 1.82) is 0 Å². The molecule has 106 valence electrons. The molecule has 2 aromatic rings. The number of rotatable bonds is 4. The summed E-state index contributed by atoms with van der Waals surface area (Å²) in [4.78, 5) is 12.5. The third-order valence-corrected chi connectivity index (χ3v) is 4.68. The van der Waals surface area contributed by atoms with E-state index in [4.69, 9.17) is 0 Å². The molecule has 0 spiro atoms. The zero-order chi connectivity index (χ0) is 13.8. The number of hydrogen-bond acceptors (Lipinski definition) is 5. The normalized spacial score (nSPS) is 20.1. The van der Waals surface area contributed by atoms with Crippen molar-refractivity contribution in [2.24, 2.45) is 5.92 Å². The molecule has 1 aliphatic heterocycles. The highest BCUT2D eigenvalue weighted by molar-refractivity contribution is 7.14. The summed E-state index contributed by atoms with van der Waals surface area (Å²) in [7, 11) is 0. The molecule has 1 fully saturated rings. The highest BCUT2D eigenvalue weighted by Gasteiger charge is 2.19. The van der Waals surface area contributed by atoms with Gasteiger partial charge in [0.25, 0.3) is 0 Å². The number of aliphatic hydroxyl groups is 1. The number of thiazole rings is 1. The van der Waals surface area contributed by atoms with E-state index in [1.165, 1.54) is 11.3 Å². The summed E-state index contributed by atoms with van der Waals surface area (Å²) < 4.78 is 0. The second-order valence-electron chi connectivity index (χ2n) is 5.27. The topological polar surface area (TPSA) is 49.2 Å². The van der Waals surface area contributed by atoms with Gasteiger partial charge < -0.3 is 5.11 Å². The van der Waals surface area contributed by atoms with Crippen LogP contribution >= 0.6 is 11.3 Å². The molecule has 0 aliphatic carbocycles. The van der Waals surface area contributed by atoms with E-state index in [0.717, 1.165) is 36.8 Å². The molecule has 1 saturated heterocycles. The van der Waals surface area contributed by atoms with Gasteiger partial charge in [-0.05, 0) is 37.4 Å². The Balaban J connectivity index is 1.65. The Labute approximate surface area is 123 Å². The van der Waals surface area contributed by atoms with Crippen molar-refractivity contribution < 1.29 is 5.11 Å². The molecule has 1 aliphatic rings. The molecule has 1 atom stereocenters. The lowest BCUT2D eigenvalue weighted by molar-refractivity contribution is 0.116. The molecule has 0 radical (unpaired) electrons. The van der Waals surface area contributed by atoms with Gasteiger partial charge in [-0.3, -0.25) is 9.88 Å². The van der Waals surface area contributed by atoms with Crippen molar-refractivity contribution in [2.75, 3.05) is 19.7 Å². The summed E-state index contributed by atoms with van der Waals surface area (Å²) in [6.45, 7) is 3.35. The summed E-state index contributed by atoms with van der Waals surface area (Å²) >= 11 is 1.71. The molecule has 20 heavy (non-hydrogen) atoms. The SMILES string of the molecule is OCC1CCCN(Cc2cnc(-c3ccccn3)s2)C1. The molecule has 1 unspecified atom stereocenters. The Morgan fingerprint density at radius 2 is 2.30 bits per heavy atom. The number of hydrogen-bond donors (Lipinski definition) is 1. The minimum Gasteiger partial charge on any atom is -0.396 e. The van der Waals surface area contributed by atoms with Crippen molar-refractivity contribution in [2.45, 2.75) is 19.4 Å². The average molecular weight is 289 g/mol. The fourth-order valence-corrected chi connectivity index (χ4v) is 3.58. The Hall–Kier alpha value is -1.30. The van der Waals surface area contributed by atoms with Crippen molar-refractivity contribution in [3.8, 4) is 10.7 Å². The second-order valence-corrected chi connectivity index (χ2v) is 6.39. The first-order valence-corrected chi connectivity index (χ1v) is 7.86. The lowest BCUT2D eigenvalue weighted by Crippen LogP contribution is -2.36. The van der Waals surface area contributed by atoms with E-state index < -0.39 is 0 Å². The minimum absolute atomic E-state index is 0.304. The number of nitrogens with zero attached hydrogens (tertiary/aromatic N) is 3. The number of piperidine rings is 1. The molecule has 5 heteroatoms. The Kier molecular flexibility index (Phi) is 4.40. The van der Waals surface area contributed by atoms with Gasteiger partial charge in [0.1, 0.15) is 5.01 Å². The Morgan fingerprint density at radius 1 is 1.35 bits per heavy atom. The molecular weight excluding hydrogens is 270 g/mol. The molecule has 2 aromatic heterocycles. The first kappa shape index (κ1) is 13.7. The summed E-state index contributed by atoms with van der Waals surface area (Å²) in [6, 6.07) is 5.89. The van der Waals surface area contributed by atoms with Crippen molar-refractivity contribution in [1.82, 2.24) is 14.9 Å². The number of likely N-dealkylation sites (tertiary alicyclic amines) is 1. The van der Waals surface area contributed by atoms with Crippen LogP contribution in [-0.2, 0) is 6.54 Å². The quantitative estimate of drug-likeness (QED) is 0.939. The first-order valence-electron chi connectivity index (χ1n) is 7.04. The summed E-state index contributed by atoms with van der Waals surface area (Å²) in [5.74, 6) is 0.437. The predicted octanol–water partition coefficient (Wildman–Crippen LogP) is 2.41. The van der Waals surface area contributed by atoms with Crippen LogP contribution in [0, 0.1) is 5.92 Å². The molecule has 0 aromatic carbocycles. The third kappa shape index (κ3) is 3.23. The maximum Gasteiger partial charge on any atom is 0.142 e. The summed E-state index contributed by atoms with van der Waals surface area (Å²) in [5.41, 5.74) is 0.940. The fourth-order valence-electron chi connectivity index (χ4n) is 2.65. The molecule has 1 N–H and O–H groups in total. The monoisotopic (exact) mass is 289 g/mol.